The van der Waals surface area contributed by atoms with Crippen LogP contribution in [-0.2, 0) is 9.53 Å². The normalized spacial score (nSPS) is 11.3. The van der Waals surface area contributed by atoms with E-state index < -0.39 is 29.3 Å². The summed E-state index contributed by atoms with van der Waals surface area (Å²) in [7, 11) is 1.40. The number of nitrogens with one attached hydrogen (secondary N) is 2. The molecule has 12 heteroatoms. The van der Waals surface area contributed by atoms with Crippen LogP contribution in [0.3, 0.4) is 0 Å². The fourth-order valence-electron chi connectivity index (χ4n) is 3.52. The van der Waals surface area contributed by atoms with Crippen molar-refractivity contribution in [1.29, 1.82) is 0 Å². The van der Waals surface area contributed by atoms with Gasteiger partial charge in [-0.2, -0.15) is 4.99 Å². The lowest BCUT2D eigenvalue weighted by Crippen LogP contribution is -2.36. The number of amidine groups is 1. The molecule has 0 spiro atoms. The molecule has 0 saturated heterocycles. The van der Waals surface area contributed by atoms with Crippen LogP contribution in [0.1, 0.15) is 57.3 Å². The fourth-order valence-corrected chi connectivity index (χ4v) is 3.91. The molecule has 0 aliphatic carbocycles. The Labute approximate surface area is 243 Å². The summed E-state index contributed by atoms with van der Waals surface area (Å²) in [4.78, 5) is 45.7. The molecule has 0 unspecified atom stereocenters. The van der Waals surface area contributed by atoms with E-state index in [0.717, 1.165) is 18.2 Å². The number of halogens is 1. The van der Waals surface area contributed by atoms with Crippen molar-refractivity contribution in [3.63, 3.8) is 0 Å². The predicted octanol–water partition coefficient (Wildman–Crippen LogP) is 6.12. The van der Waals surface area contributed by atoms with E-state index in [1.165, 1.54) is 37.4 Å². The van der Waals surface area contributed by atoms with Crippen molar-refractivity contribution in [3.05, 3.63) is 53.1 Å². The molecule has 2 N–H and O–H groups in total. The fraction of sp³-hybridized carbons (Fsp3) is 0.414. The van der Waals surface area contributed by atoms with E-state index in [2.05, 4.69) is 20.5 Å². The Bertz CT molecular complexity index is 1330. The third-order valence-electron chi connectivity index (χ3n) is 5.33. The van der Waals surface area contributed by atoms with E-state index in [9.17, 15) is 18.8 Å². The van der Waals surface area contributed by atoms with Gasteiger partial charge in [-0.1, -0.05) is 31.2 Å². The lowest BCUT2D eigenvalue weighted by Gasteiger charge is -2.19. The van der Waals surface area contributed by atoms with Crippen molar-refractivity contribution in [2.75, 3.05) is 26.5 Å². The zero-order chi connectivity index (χ0) is 30.6. The number of ether oxygens (including phenoxy) is 3. The molecule has 2 aromatic rings. The van der Waals surface area contributed by atoms with Crippen LogP contribution in [-0.4, -0.2) is 55.2 Å². The van der Waals surface area contributed by atoms with Gasteiger partial charge in [-0.05, 0) is 57.7 Å². The van der Waals surface area contributed by atoms with Gasteiger partial charge >= 0.3 is 6.09 Å². The number of amides is 3. The number of carbonyl (C=O) groups is 3. The largest absolute Gasteiger partial charge is 0.496 e. The van der Waals surface area contributed by atoms with Gasteiger partial charge in [0.15, 0.2) is 10.9 Å². The van der Waals surface area contributed by atoms with Crippen LogP contribution in [0.4, 0.5) is 14.9 Å². The minimum atomic E-state index is -0.806. The minimum absolute atomic E-state index is 0.00232. The van der Waals surface area contributed by atoms with Crippen molar-refractivity contribution in [3.8, 4) is 22.6 Å². The number of hydrogen-bond donors (Lipinski definition) is 2. The molecule has 0 aromatic heterocycles. The second kappa shape index (κ2) is 15.6. The highest BCUT2D eigenvalue weighted by molar-refractivity contribution is 8.13. The molecule has 220 valence electrons. The second-order valence-corrected chi connectivity index (χ2v) is 10.4. The molecule has 0 aliphatic heterocycles. The van der Waals surface area contributed by atoms with Crippen LogP contribution < -0.4 is 20.1 Å². The maximum Gasteiger partial charge on any atom is 0.407 e. The molecule has 0 saturated carbocycles. The van der Waals surface area contributed by atoms with E-state index in [1.807, 2.05) is 6.92 Å². The minimum Gasteiger partial charge on any atom is -0.496 e. The summed E-state index contributed by atoms with van der Waals surface area (Å²) in [6, 6.07) is 6.78. The maximum absolute atomic E-state index is 14.4. The quantitative estimate of drug-likeness (QED) is 0.149. The number of carbonyl (C=O) groups excluding carboxylic acids is 3. The van der Waals surface area contributed by atoms with Crippen LogP contribution >= 0.6 is 11.8 Å². The summed E-state index contributed by atoms with van der Waals surface area (Å²) in [6.45, 7) is 15.2. The van der Waals surface area contributed by atoms with Gasteiger partial charge in [0.1, 0.15) is 22.9 Å². The summed E-state index contributed by atoms with van der Waals surface area (Å²) in [5.74, 6) is -1.48. The zero-order valence-electron chi connectivity index (χ0n) is 24.1. The van der Waals surface area contributed by atoms with Crippen LogP contribution in [0.25, 0.3) is 16.0 Å². The van der Waals surface area contributed by atoms with E-state index in [-0.39, 0.29) is 52.0 Å². The second-order valence-electron chi connectivity index (χ2n) is 9.64. The van der Waals surface area contributed by atoms with Gasteiger partial charge < -0.3 is 24.8 Å². The van der Waals surface area contributed by atoms with Gasteiger partial charge in [-0.15, -0.1) is 0 Å². The smallest absolute Gasteiger partial charge is 0.407 e. The SMILES string of the molecule is [C-]#[N+]c1ccc(OCCCC)c(C(=O)N=C(NC(=O)CCNC(=O)OC(C)(C)C)SC)c1-c1cc(F)ccc1OC. The molecular formula is C29H35FN4O6S. The van der Waals surface area contributed by atoms with Gasteiger partial charge in [0, 0.05) is 24.1 Å². The molecule has 3 amide bonds. The lowest BCUT2D eigenvalue weighted by molar-refractivity contribution is -0.119. The predicted molar refractivity (Wildman–Crippen MR) is 157 cm³/mol. The van der Waals surface area contributed by atoms with Gasteiger partial charge in [0.05, 0.1) is 25.9 Å². The first-order valence-corrected chi connectivity index (χ1v) is 14.1. The topological polar surface area (TPSA) is 120 Å². The third-order valence-corrected chi connectivity index (χ3v) is 5.91. The van der Waals surface area contributed by atoms with E-state index >= 15 is 0 Å². The Hall–Kier alpha value is -4.11. The summed E-state index contributed by atoms with van der Waals surface area (Å²) in [6.07, 6.45) is 2.42. The molecule has 10 nitrogen and oxygen atoms in total. The lowest BCUT2D eigenvalue weighted by atomic mass is 9.95. The van der Waals surface area contributed by atoms with E-state index in [0.29, 0.717) is 13.0 Å². The number of aliphatic imine (C=N–C) groups is 1. The van der Waals surface area contributed by atoms with Crippen LogP contribution in [0.5, 0.6) is 11.5 Å². The average molecular weight is 587 g/mol. The van der Waals surface area contributed by atoms with Crippen molar-refractivity contribution in [2.45, 2.75) is 52.6 Å². The third kappa shape index (κ3) is 10.1. The van der Waals surface area contributed by atoms with Gasteiger partial charge in [0.2, 0.25) is 5.91 Å². The monoisotopic (exact) mass is 586 g/mol. The number of methoxy groups -OCH3 is 1. The summed E-state index contributed by atoms with van der Waals surface area (Å²) in [5.41, 5.74) is -0.388. The van der Waals surface area contributed by atoms with E-state index in [1.54, 1.807) is 27.0 Å². The number of unbranched alkanes of at least 4 members (excludes halogenated alkanes) is 1. The summed E-state index contributed by atoms with van der Waals surface area (Å²) in [5, 5.41) is 5.03. The van der Waals surface area contributed by atoms with Crippen LogP contribution in [0, 0.1) is 12.4 Å². The first kappa shape index (κ1) is 33.1. The molecule has 0 radical (unpaired) electrons. The highest BCUT2D eigenvalue weighted by Crippen LogP contribution is 2.43. The van der Waals surface area contributed by atoms with Gasteiger partial charge in [-0.3, -0.25) is 9.59 Å². The number of rotatable bonds is 10. The Balaban J connectivity index is 2.45. The first-order valence-electron chi connectivity index (χ1n) is 12.9. The number of thioether (sulfide) groups is 1. The highest BCUT2D eigenvalue weighted by Gasteiger charge is 2.25. The van der Waals surface area contributed by atoms with Gasteiger partial charge in [0.25, 0.3) is 5.91 Å². The number of alkyl carbamates (subject to hydrolysis) is 1. The Morgan fingerprint density at radius 2 is 1.85 bits per heavy atom. The average Bonchev–Trinajstić information content (AvgIpc) is 2.91. The zero-order valence-corrected chi connectivity index (χ0v) is 24.9. The maximum atomic E-state index is 14.4. The Kier molecular flexibility index (Phi) is 12.6. The molecular weight excluding hydrogens is 551 g/mol. The van der Waals surface area contributed by atoms with Gasteiger partial charge in [-0.25, -0.2) is 14.0 Å². The highest BCUT2D eigenvalue weighted by atomic mass is 32.2. The number of hydrogen-bond acceptors (Lipinski definition) is 7. The Morgan fingerprint density at radius 1 is 1.15 bits per heavy atom. The van der Waals surface area contributed by atoms with Crippen LogP contribution in [0.2, 0.25) is 0 Å². The molecule has 41 heavy (non-hydrogen) atoms. The van der Waals surface area contributed by atoms with Crippen molar-refractivity contribution >= 4 is 40.5 Å². The molecule has 0 atom stereocenters. The summed E-state index contributed by atoms with van der Waals surface area (Å²) >= 11 is 1.02. The van der Waals surface area contributed by atoms with Crippen molar-refractivity contribution in [1.82, 2.24) is 10.6 Å². The molecule has 2 aromatic carbocycles. The molecule has 2 rings (SSSR count). The van der Waals surface area contributed by atoms with E-state index in [4.69, 9.17) is 20.8 Å². The first-order chi connectivity index (χ1) is 19.4. The summed E-state index contributed by atoms with van der Waals surface area (Å²) < 4.78 is 30.8. The number of nitrogens with zero attached hydrogens (tertiary/aromatic N) is 2. The van der Waals surface area contributed by atoms with Crippen LogP contribution in [0.15, 0.2) is 35.3 Å². The Morgan fingerprint density at radius 3 is 2.46 bits per heavy atom. The van der Waals surface area contributed by atoms with Crippen molar-refractivity contribution in [2.24, 2.45) is 4.99 Å². The van der Waals surface area contributed by atoms with Crippen molar-refractivity contribution < 1.29 is 33.0 Å². The molecule has 0 bridgehead atoms. The molecule has 0 aliphatic rings. The standard InChI is InChI=1S/C29H35FN4O6S/c1-8-9-16-39-22-13-11-20(31-5)24(19-17-18(30)10-12-21(19)38-6)25(22)26(36)34-27(41-7)33-23(35)14-15-32-28(37)40-29(2,3)4/h10-13,17H,8-9,14-16H2,1-4,6-7H3,(H,32,37)(H,33,34,35,36). The number of benzene rings is 2. The molecule has 0 heterocycles. The molecule has 0 fully saturated rings.